The summed E-state index contributed by atoms with van der Waals surface area (Å²) in [6.45, 7) is 3.13. The summed E-state index contributed by atoms with van der Waals surface area (Å²) in [5.74, 6) is -5.62. The topological polar surface area (TPSA) is 82.1 Å². The van der Waals surface area contributed by atoms with Gasteiger partial charge in [-0.1, -0.05) is 91.0 Å². The first-order valence-electron chi connectivity index (χ1n) is 14.8. The van der Waals surface area contributed by atoms with Crippen molar-refractivity contribution >= 4 is 17.5 Å². The number of aliphatic hydroxyl groups is 1. The van der Waals surface area contributed by atoms with Crippen LogP contribution < -0.4 is 10.1 Å². The van der Waals surface area contributed by atoms with E-state index in [4.69, 9.17) is 4.74 Å². The zero-order valence-corrected chi connectivity index (χ0v) is 25.8. The van der Waals surface area contributed by atoms with E-state index < -0.39 is 29.3 Å². The molecule has 0 aromatic heterocycles. The summed E-state index contributed by atoms with van der Waals surface area (Å²) in [5, 5.41) is 11.6. The first-order valence-corrected chi connectivity index (χ1v) is 14.8. The van der Waals surface area contributed by atoms with E-state index >= 15 is 0 Å². The molecule has 1 heterocycles. The molecule has 1 atom stereocenters. The van der Waals surface area contributed by atoms with Crippen LogP contribution in [0.4, 0.5) is 14.5 Å². The van der Waals surface area contributed by atoms with Gasteiger partial charge in [0.25, 0.3) is 11.8 Å². The molecule has 1 aliphatic rings. The number of aliphatic hydroxyl groups excluding tert-OH is 1. The van der Waals surface area contributed by atoms with Crippen molar-refractivity contribution in [1.82, 2.24) is 9.80 Å². The van der Waals surface area contributed by atoms with Crippen molar-refractivity contribution in [3.63, 3.8) is 0 Å². The van der Waals surface area contributed by atoms with Crippen molar-refractivity contribution in [2.45, 2.75) is 31.9 Å². The maximum atomic E-state index is 14.5. The number of carbonyl (C=O) groups excluding carboxylic acids is 2. The average molecular weight is 616 g/mol. The second-order valence-corrected chi connectivity index (χ2v) is 11.1. The number of alkyl halides is 2. The minimum atomic E-state index is -3.76. The van der Waals surface area contributed by atoms with Crippen LogP contribution in [0, 0.1) is 0 Å². The van der Waals surface area contributed by atoms with E-state index in [1.54, 1.807) is 13.0 Å². The maximum Gasteiger partial charge on any atom is 0.350 e. The van der Waals surface area contributed by atoms with Crippen LogP contribution >= 0.6 is 0 Å². The molecule has 2 N–H and O–H groups in total. The summed E-state index contributed by atoms with van der Waals surface area (Å²) in [7, 11) is 4.18. The number of nitrogens with one attached hydrogen (secondary N) is 1. The summed E-state index contributed by atoms with van der Waals surface area (Å²) < 4.78 is 34.7. The molecule has 0 radical (unpaired) electrons. The summed E-state index contributed by atoms with van der Waals surface area (Å²) in [5.41, 5.74) is 3.61. The molecule has 0 unspecified atom stereocenters. The lowest BCUT2D eigenvalue weighted by molar-refractivity contribution is -0.140. The number of nitrogens with zero attached hydrogens (tertiary/aromatic N) is 2. The number of hydrogen-bond acceptors (Lipinski definition) is 5. The van der Waals surface area contributed by atoms with Crippen molar-refractivity contribution in [2.75, 3.05) is 39.2 Å². The molecule has 5 rings (SSSR count). The molecular formula is C36H39F2N3O4. The van der Waals surface area contributed by atoms with Gasteiger partial charge in [-0.15, -0.1) is 0 Å². The van der Waals surface area contributed by atoms with Crippen molar-refractivity contribution in [1.29, 1.82) is 0 Å². The Hall–Kier alpha value is -4.60. The quantitative estimate of drug-likeness (QED) is 0.239. The molecule has 2 amide bonds. The smallest absolute Gasteiger partial charge is 0.350 e. The predicted octanol–water partition coefficient (Wildman–Crippen LogP) is 6.44. The van der Waals surface area contributed by atoms with E-state index in [0.717, 1.165) is 6.54 Å². The predicted molar refractivity (Wildman–Crippen MR) is 172 cm³/mol. The van der Waals surface area contributed by atoms with Crippen LogP contribution in [-0.2, 0) is 17.3 Å². The number of para-hydroxylation sites is 1. The van der Waals surface area contributed by atoms with Crippen molar-refractivity contribution in [3.05, 3.63) is 120 Å². The molecular weight excluding hydrogens is 576 g/mol. The number of amides is 2. The monoisotopic (exact) mass is 615 g/mol. The Morgan fingerprint density at radius 1 is 0.933 bits per heavy atom. The van der Waals surface area contributed by atoms with E-state index in [9.17, 15) is 23.5 Å². The lowest BCUT2D eigenvalue weighted by Crippen LogP contribution is -2.43. The average Bonchev–Trinajstić information content (AvgIpc) is 3.05. The number of fused-ring (bicyclic) bond motifs is 1. The fraction of sp³-hybridized carbons (Fsp3) is 0.278. The Bertz CT molecular complexity index is 1550. The lowest BCUT2D eigenvalue weighted by atomic mass is 10.0. The molecule has 0 aliphatic carbocycles. The molecule has 9 heteroatoms. The zero-order chi connectivity index (χ0) is 32.4. The van der Waals surface area contributed by atoms with Crippen LogP contribution in [0.3, 0.4) is 0 Å². The zero-order valence-electron chi connectivity index (χ0n) is 25.8. The second-order valence-electron chi connectivity index (χ2n) is 11.1. The molecule has 0 fully saturated rings. The molecule has 0 saturated heterocycles. The van der Waals surface area contributed by atoms with Gasteiger partial charge in [-0.3, -0.25) is 9.59 Å². The molecule has 4 aromatic rings. The molecule has 45 heavy (non-hydrogen) atoms. The second kappa shape index (κ2) is 15.4. The fourth-order valence-electron chi connectivity index (χ4n) is 4.92. The SMILES string of the molecule is CN(C)Cc1ccc(-c2ccccc2)cc1.C[C@@H](CO)N1CCCOc2c(NC(=O)C(F)(F)c3ccccc3)cccc2C1=O. The van der Waals surface area contributed by atoms with Gasteiger partial charge >= 0.3 is 5.92 Å². The number of benzene rings is 4. The van der Waals surface area contributed by atoms with Crippen LogP contribution in [0.15, 0.2) is 103 Å². The van der Waals surface area contributed by atoms with Crippen LogP contribution in [0.1, 0.15) is 34.8 Å². The van der Waals surface area contributed by atoms with Gasteiger partial charge in [-0.05, 0) is 56.3 Å². The van der Waals surface area contributed by atoms with Crippen LogP contribution in [0.25, 0.3) is 11.1 Å². The number of hydrogen-bond donors (Lipinski definition) is 2. The number of anilines is 1. The number of rotatable bonds is 8. The molecule has 4 aromatic carbocycles. The van der Waals surface area contributed by atoms with Gasteiger partial charge < -0.3 is 25.0 Å². The minimum Gasteiger partial charge on any atom is -0.490 e. The van der Waals surface area contributed by atoms with Crippen LogP contribution in [0.5, 0.6) is 5.75 Å². The van der Waals surface area contributed by atoms with Gasteiger partial charge in [0.2, 0.25) is 0 Å². The summed E-state index contributed by atoms with van der Waals surface area (Å²) >= 11 is 0. The van der Waals surface area contributed by atoms with Gasteiger partial charge in [0.15, 0.2) is 5.75 Å². The first kappa shape index (κ1) is 33.3. The van der Waals surface area contributed by atoms with Gasteiger partial charge in [0.1, 0.15) is 0 Å². The Balaban J connectivity index is 0.000000242. The largest absolute Gasteiger partial charge is 0.490 e. The number of halogens is 2. The summed E-state index contributed by atoms with van der Waals surface area (Å²) in [6.07, 6.45) is 0.498. The molecule has 1 aliphatic heterocycles. The highest BCUT2D eigenvalue weighted by atomic mass is 19.3. The van der Waals surface area contributed by atoms with Crippen molar-refractivity contribution in [2.24, 2.45) is 0 Å². The maximum absolute atomic E-state index is 14.5. The lowest BCUT2D eigenvalue weighted by Gasteiger charge is -2.31. The Morgan fingerprint density at radius 2 is 1.56 bits per heavy atom. The minimum absolute atomic E-state index is 0.00467. The Labute approximate surface area is 263 Å². The van der Waals surface area contributed by atoms with Gasteiger partial charge in [0, 0.05) is 18.7 Å². The van der Waals surface area contributed by atoms with Crippen molar-refractivity contribution < 1.29 is 28.2 Å². The van der Waals surface area contributed by atoms with Gasteiger partial charge in [0.05, 0.1) is 30.5 Å². The third-order valence-electron chi connectivity index (χ3n) is 7.32. The van der Waals surface area contributed by atoms with Crippen LogP contribution in [-0.4, -0.2) is 66.6 Å². The van der Waals surface area contributed by atoms with Crippen molar-refractivity contribution in [3.8, 4) is 16.9 Å². The van der Waals surface area contributed by atoms with Gasteiger partial charge in [-0.2, -0.15) is 8.78 Å². The normalized spacial score (nSPS) is 13.8. The molecule has 0 saturated carbocycles. The third-order valence-corrected chi connectivity index (χ3v) is 7.32. The van der Waals surface area contributed by atoms with E-state index in [2.05, 4.69) is 72.8 Å². The third kappa shape index (κ3) is 8.53. The molecule has 0 bridgehead atoms. The molecule has 0 spiro atoms. The van der Waals surface area contributed by atoms with E-state index in [-0.39, 0.29) is 30.2 Å². The first-order chi connectivity index (χ1) is 21.6. The highest BCUT2D eigenvalue weighted by molar-refractivity contribution is 6.03. The summed E-state index contributed by atoms with van der Waals surface area (Å²) in [6, 6.07) is 30.0. The van der Waals surface area contributed by atoms with Gasteiger partial charge in [-0.25, -0.2) is 0 Å². The Kier molecular flexibility index (Phi) is 11.4. The van der Waals surface area contributed by atoms with E-state index in [1.165, 1.54) is 64.1 Å². The number of carbonyl (C=O) groups is 2. The highest BCUT2D eigenvalue weighted by Gasteiger charge is 2.41. The van der Waals surface area contributed by atoms with E-state index in [0.29, 0.717) is 13.0 Å². The molecule has 7 nitrogen and oxygen atoms in total. The fourth-order valence-corrected chi connectivity index (χ4v) is 4.92. The van der Waals surface area contributed by atoms with E-state index in [1.807, 2.05) is 6.07 Å². The standard InChI is InChI=1S/C21H22F2N2O4.C15H17N/c1-14(13-26)25-11-6-12-29-18-16(19(25)27)9-5-10-17(18)24-20(28)21(22,23)15-7-3-2-4-8-15;1-16(2)12-13-8-10-15(11-9-13)14-6-4-3-5-7-14/h2-5,7-10,14,26H,6,11-13H2,1H3,(H,24,28);3-11H,12H2,1-2H3/t14-;/m0./s1. The summed E-state index contributed by atoms with van der Waals surface area (Å²) in [4.78, 5) is 28.9. The Morgan fingerprint density at radius 3 is 2.18 bits per heavy atom. The highest BCUT2D eigenvalue weighted by Crippen LogP contribution is 2.35. The number of ether oxygens (including phenoxy) is 1. The molecule has 236 valence electrons. The van der Waals surface area contributed by atoms with Crippen LogP contribution in [0.2, 0.25) is 0 Å².